The van der Waals surface area contributed by atoms with Crippen molar-refractivity contribution in [3.8, 4) is 0 Å². The first-order valence-electron chi connectivity index (χ1n) is 8.58. The number of aromatic nitrogens is 1. The number of hydrogen-bond donors (Lipinski definition) is 1. The fourth-order valence-electron chi connectivity index (χ4n) is 3.01. The van der Waals surface area contributed by atoms with Gasteiger partial charge in [0.15, 0.2) is 0 Å². The van der Waals surface area contributed by atoms with E-state index in [1.165, 1.54) is 0 Å². The molecule has 1 aromatic heterocycles. The van der Waals surface area contributed by atoms with Gasteiger partial charge in [0.1, 0.15) is 0 Å². The summed E-state index contributed by atoms with van der Waals surface area (Å²) in [5, 5.41) is 3.21. The number of likely N-dealkylation sites (tertiary alicyclic amines) is 1. The Labute approximate surface area is 164 Å². The Hall–Kier alpha value is -2.12. The van der Waals surface area contributed by atoms with Crippen molar-refractivity contribution in [3.63, 3.8) is 0 Å². The molecule has 1 fully saturated rings. The van der Waals surface area contributed by atoms with Gasteiger partial charge in [-0.05, 0) is 0 Å². The summed E-state index contributed by atoms with van der Waals surface area (Å²) >= 11 is 2.00. The summed E-state index contributed by atoms with van der Waals surface area (Å²) in [5.41, 5.74) is 2.20. The second-order valence-corrected chi connectivity index (χ2v) is 7.71. The van der Waals surface area contributed by atoms with Crippen LogP contribution in [-0.4, -0.2) is 45.1 Å². The third-order valence-electron chi connectivity index (χ3n) is 4.50. The van der Waals surface area contributed by atoms with Gasteiger partial charge < -0.3 is 0 Å². The monoisotopic (exact) mass is 410 g/mol. The molecule has 2 amide bonds. The number of hydrogen-bond acceptors (Lipinski definition) is 3. The predicted molar refractivity (Wildman–Crippen MR) is 94.4 cm³/mol. The van der Waals surface area contributed by atoms with Crippen LogP contribution in [0.5, 0.6) is 0 Å². The van der Waals surface area contributed by atoms with Crippen molar-refractivity contribution >= 4 is 27.1 Å². The van der Waals surface area contributed by atoms with E-state index in [0.717, 1.165) is 10.5 Å². The van der Waals surface area contributed by atoms with Crippen LogP contribution >= 0.6 is 0 Å². The van der Waals surface area contributed by atoms with E-state index in [1.807, 2.05) is 35.2 Å². The molecule has 0 atom stereocenters. The molecular weight excluding hydrogens is 391 g/mol. The van der Waals surface area contributed by atoms with Crippen molar-refractivity contribution < 1.29 is 35.3 Å². The first-order valence-corrected chi connectivity index (χ1v) is 9.27. The minimum absolute atomic E-state index is 0.252. The zero-order valence-corrected chi connectivity index (χ0v) is 16.4. The third kappa shape index (κ3) is 4.25. The molecule has 2 aromatic rings. The SMILES string of the molecule is CC(C)c1ccc2c(C(=O)NCC(=O)N3CC(F)(F)C[C]3=[V])ccnc2c1. The van der Waals surface area contributed by atoms with E-state index in [2.05, 4.69) is 24.1 Å². The molecule has 3 rings (SSSR count). The van der Waals surface area contributed by atoms with E-state index in [1.54, 1.807) is 12.3 Å². The van der Waals surface area contributed by atoms with Gasteiger partial charge in [-0.3, -0.25) is 0 Å². The quantitative estimate of drug-likeness (QED) is 0.843. The molecule has 2 heterocycles. The molecule has 1 aromatic carbocycles. The molecule has 27 heavy (non-hydrogen) atoms. The number of alkyl halides is 2. The van der Waals surface area contributed by atoms with Crippen molar-refractivity contribution in [2.75, 3.05) is 13.1 Å². The van der Waals surface area contributed by atoms with E-state index >= 15 is 0 Å². The van der Waals surface area contributed by atoms with Gasteiger partial charge in [-0.25, -0.2) is 0 Å². The van der Waals surface area contributed by atoms with Crippen LogP contribution < -0.4 is 5.32 Å². The van der Waals surface area contributed by atoms with Crippen LogP contribution in [0.15, 0.2) is 30.5 Å². The van der Waals surface area contributed by atoms with Crippen LogP contribution in [0.3, 0.4) is 0 Å². The Morgan fingerprint density at radius 1 is 1.33 bits per heavy atom. The number of nitrogens with zero attached hydrogens (tertiary/aromatic N) is 2. The Morgan fingerprint density at radius 2 is 2.07 bits per heavy atom. The van der Waals surface area contributed by atoms with Gasteiger partial charge in [-0.1, -0.05) is 13.8 Å². The molecule has 0 saturated carbocycles. The zero-order valence-electron chi connectivity index (χ0n) is 15.0. The summed E-state index contributed by atoms with van der Waals surface area (Å²) in [4.78, 5) is 30.1. The third-order valence-corrected chi connectivity index (χ3v) is 5.12. The standard InChI is InChI=1S/C19H19F2N3O2.V/c1-12(2)13-3-4-14-15(5-7-22-16(14)9-13)18(26)23-10-17(25)24-8-6-19(20,21)11-24;/h3-5,7,9,12H,6,10-11H2,1-2H3,(H,23,26);. The van der Waals surface area contributed by atoms with Crippen LogP contribution in [0.25, 0.3) is 10.9 Å². The second-order valence-electron chi connectivity index (χ2n) is 6.90. The average molecular weight is 410 g/mol. The number of nitrogens with one attached hydrogen (secondary N) is 1. The van der Waals surface area contributed by atoms with Crippen molar-refractivity contribution in [1.82, 2.24) is 15.2 Å². The maximum atomic E-state index is 13.4. The number of halogens is 2. The van der Waals surface area contributed by atoms with Crippen LogP contribution in [0, 0.1) is 0 Å². The normalized spacial score (nSPS) is 16.1. The van der Waals surface area contributed by atoms with Gasteiger partial charge >= 0.3 is 151 Å². The van der Waals surface area contributed by atoms with E-state index in [0.29, 0.717) is 22.4 Å². The summed E-state index contributed by atoms with van der Waals surface area (Å²) in [5.74, 6) is -3.58. The molecule has 5 nitrogen and oxygen atoms in total. The first-order chi connectivity index (χ1) is 12.7. The number of carbonyl (C=O) groups excluding carboxylic acids is 2. The topological polar surface area (TPSA) is 62.3 Å². The first kappa shape index (κ1) is 19.6. The number of fused-ring (bicyclic) bond motifs is 1. The number of rotatable bonds is 4. The van der Waals surface area contributed by atoms with Crippen molar-refractivity contribution in [2.45, 2.75) is 32.1 Å². The van der Waals surface area contributed by atoms with Gasteiger partial charge in [0.05, 0.1) is 0 Å². The van der Waals surface area contributed by atoms with Gasteiger partial charge in [-0.2, -0.15) is 0 Å². The number of carbonyl (C=O) groups is 2. The fraction of sp³-hybridized carbons (Fsp3) is 0.368. The van der Waals surface area contributed by atoms with Crippen LogP contribution in [0.4, 0.5) is 8.78 Å². The molecule has 8 heteroatoms. The number of amides is 2. The van der Waals surface area contributed by atoms with Gasteiger partial charge in [-0.15, -0.1) is 0 Å². The summed E-state index contributed by atoms with van der Waals surface area (Å²) in [7, 11) is 0. The predicted octanol–water partition coefficient (Wildman–Crippen LogP) is 2.63. The van der Waals surface area contributed by atoms with E-state index < -0.39 is 30.7 Å². The summed E-state index contributed by atoms with van der Waals surface area (Å²) in [6.07, 6.45) is 1.08. The average Bonchev–Trinajstić information content (AvgIpc) is 2.90. The summed E-state index contributed by atoms with van der Waals surface area (Å²) < 4.78 is 27.1. The molecule has 0 unspecified atom stereocenters. The second kappa shape index (κ2) is 7.48. The molecule has 1 aliphatic heterocycles. The van der Waals surface area contributed by atoms with E-state index in [-0.39, 0.29) is 10.9 Å². The maximum absolute atomic E-state index is 13.4. The van der Waals surface area contributed by atoms with E-state index in [4.69, 9.17) is 0 Å². The zero-order chi connectivity index (χ0) is 19.8. The Kier molecular flexibility index (Phi) is 5.44. The van der Waals surface area contributed by atoms with Crippen LogP contribution in [-0.2, 0) is 21.8 Å². The van der Waals surface area contributed by atoms with Gasteiger partial charge in [0.2, 0.25) is 0 Å². The van der Waals surface area contributed by atoms with Crippen molar-refractivity contribution in [3.05, 3.63) is 41.6 Å². The Balaban J connectivity index is 1.73. The Morgan fingerprint density at radius 3 is 2.70 bits per heavy atom. The molecule has 0 spiro atoms. The van der Waals surface area contributed by atoms with Crippen molar-refractivity contribution in [2.24, 2.45) is 0 Å². The van der Waals surface area contributed by atoms with Crippen LogP contribution in [0.2, 0.25) is 0 Å². The molecule has 1 aliphatic rings. The molecule has 1 N–H and O–H groups in total. The molecule has 0 bridgehead atoms. The number of benzene rings is 1. The molecule has 141 valence electrons. The molecule has 1 saturated heterocycles. The number of pyridine rings is 1. The van der Waals surface area contributed by atoms with Crippen molar-refractivity contribution in [1.29, 1.82) is 0 Å². The Bertz CT molecular complexity index is 930. The van der Waals surface area contributed by atoms with E-state index in [9.17, 15) is 18.4 Å². The minimum atomic E-state index is -2.92. The summed E-state index contributed by atoms with van der Waals surface area (Å²) in [6.45, 7) is 3.15. The van der Waals surface area contributed by atoms with Crippen LogP contribution in [0.1, 0.15) is 42.1 Å². The molecule has 0 aliphatic carbocycles. The van der Waals surface area contributed by atoms with Gasteiger partial charge in [0.25, 0.3) is 0 Å². The van der Waals surface area contributed by atoms with Gasteiger partial charge in [0, 0.05) is 0 Å². The summed E-state index contributed by atoms with van der Waals surface area (Å²) in [6, 6.07) is 7.30. The molecule has 0 radical (unpaired) electrons. The molecular formula is C19H19F2N3O2V. The fourth-order valence-corrected chi connectivity index (χ4v) is 3.65.